The highest BCUT2D eigenvalue weighted by molar-refractivity contribution is 6.30. The van der Waals surface area contributed by atoms with Gasteiger partial charge in [0.05, 0.1) is 18.4 Å². The second kappa shape index (κ2) is 13.6. The van der Waals surface area contributed by atoms with Crippen molar-refractivity contribution in [2.45, 2.75) is 70.6 Å². The van der Waals surface area contributed by atoms with Crippen LogP contribution in [0.2, 0.25) is 5.02 Å². The van der Waals surface area contributed by atoms with Crippen molar-refractivity contribution in [2.24, 2.45) is 17.1 Å². The Morgan fingerprint density at radius 3 is 2.74 bits per heavy atom. The molecule has 0 spiro atoms. The number of urea groups is 1. The minimum absolute atomic E-state index is 0.00355. The maximum atomic E-state index is 13.0. The predicted molar refractivity (Wildman–Crippen MR) is 137 cm³/mol. The number of amides is 2. The van der Waals surface area contributed by atoms with Gasteiger partial charge in [0, 0.05) is 44.9 Å². The number of carbonyl (C=O) groups is 1. The van der Waals surface area contributed by atoms with Crippen molar-refractivity contribution in [2.75, 3.05) is 40.5 Å². The quantitative estimate of drug-likeness (QED) is 0.275. The number of nitrogens with one attached hydrogen (secondary N) is 1. The van der Waals surface area contributed by atoms with Crippen LogP contribution in [-0.2, 0) is 15.1 Å². The van der Waals surface area contributed by atoms with Crippen LogP contribution in [-0.4, -0.2) is 62.7 Å². The van der Waals surface area contributed by atoms with Crippen LogP contribution < -0.4 is 11.1 Å². The number of methoxy groups -OCH3 is 2. The van der Waals surface area contributed by atoms with E-state index in [4.69, 9.17) is 26.8 Å². The number of rotatable bonds is 13. The Bertz CT molecular complexity index is 763. The lowest BCUT2D eigenvalue weighted by atomic mass is 9.74. The third-order valence-corrected chi connectivity index (χ3v) is 7.08. The molecule has 2 rings (SSSR count). The average Bonchev–Trinajstić information content (AvgIpc) is 2.80. The summed E-state index contributed by atoms with van der Waals surface area (Å²) in [6.07, 6.45) is 5.04. The number of likely N-dealkylation sites (tertiary alicyclic amines) is 1. The van der Waals surface area contributed by atoms with E-state index in [9.17, 15) is 9.90 Å². The molecule has 0 radical (unpaired) electrons. The zero-order valence-corrected chi connectivity index (χ0v) is 22.1. The van der Waals surface area contributed by atoms with Crippen molar-refractivity contribution in [3.05, 3.63) is 34.9 Å². The number of halogens is 1. The topological polar surface area (TPSA) is 97.1 Å². The average molecular weight is 498 g/mol. The van der Waals surface area contributed by atoms with E-state index >= 15 is 0 Å². The molecule has 0 aliphatic carbocycles. The first-order valence-corrected chi connectivity index (χ1v) is 12.8. The Kier molecular flexibility index (Phi) is 11.6. The second-order valence-corrected chi connectivity index (χ2v) is 10.8. The lowest BCUT2D eigenvalue weighted by Gasteiger charge is -2.43. The highest BCUT2D eigenvalue weighted by Gasteiger charge is 2.41. The predicted octanol–water partition coefficient (Wildman–Crippen LogP) is 4.50. The number of hydrogen-bond donors (Lipinski definition) is 3. The zero-order chi connectivity index (χ0) is 25.2. The maximum absolute atomic E-state index is 13.0. The van der Waals surface area contributed by atoms with Gasteiger partial charge in [-0.3, -0.25) is 0 Å². The smallest absolute Gasteiger partial charge is 0.318 e. The highest BCUT2D eigenvalue weighted by Crippen LogP contribution is 2.40. The Balaban J connectivity index is 2.05. The van der Waals surface area contributed by atoms with Gasteiger partial charge in [-0.2, -0.15) is 0 Å². The molecule has 8 heteroatoms. The molecular formula is C26H44ClN3O4. The number of nitrogens with zero attached hydrogens (tertiary/aromatic N) is 1. The Morgan fingerprint density at radius 1 is 1.29 bits per heavy atom. The summed E-state index contributed by atoms with van der Waals surface area (Å²) < 4.78 is 10.5. The first kappa shape index (κ1) is 28.9. The standard InChI is InChI=1S/C26H44ClN3O4/c1-25(2,19-34-4)14-12-23(28)29-24(31)30-15-8-10-21(18-30)26(32,13-5-6-16-33-3)20-9-7-11-22(27)17-20/h7,9,11,17,21,23,32H,5-6,8,10,12-16,18-19,28H2,1-4H3,(H,29,31). The van der Waals surface area contributed by atoms with Crippen LogP contribution in [0.25, 0.3) is 0 Å². The molecule has 0 bridgehead atoms. The van der Waals surface area contributed by atoms with Crippen LogP contribution >= 0.6 is 11.6 Å². The van der Waals surface area contributed by atoms with Crippen LogP contribution in [0.1, 0.15) is 64.4 Å². The van der Waals surface area contributed by atoms with Crippen molar-refractivity contribution in [1.82, 2.24) is 10.2 Å². The van der Waals surface area contributed by atoms with Gasteiger partial charge in [0.1, 0.15) is 0 Å². The number of hydrogen-bond acceptors (Lipinski definition) is 5. The van der Waals surface area contributed by atoms with Gasteiger partial charge in [0.2, 0.25) is 0 Å². The Morgan fingerprint density at radius 2 is 2.06 bits per heavy atom. The first-order valence-electron chi connectivity index (χ1n) is 12.4. The fraction of sp³-hybridized carbons (Fsp3) is 0.731. The van der Waals surface area contributed by atoms with Crippen LogP contribution in [0.5, 0.6) is 0 Å². The van der Waals surface area contributed by atoms with Crippen LogP contribution in [0.3, 0.4) is 0 Å². The third-order valence-electron chi connectivity index (χ3n) is 6.84. The maximum Gasteiger partial charge on any atom is 0.318 e. The molecular weight excluding hydrogens is 454 g/mol. The molecule has 1 heterocycles. The Labute approximate surface area is 210 Å². The molecule has 2 amide bonds. The highest BCUT2D eigenvalue weighted by atomic mass is 35.5. The van der Waals surface area contributed by atoms with Gasteiger partial charge in [-0.25, -0.2) is 4.79 Å². The number of piperidine rings is 1. The van der Waals surface area contributed by atoms with Gasteiger partial charge in [-0.05, 0) is 68.1 Å². The van der Waals surface area contributed by atoms with Crippen molar-refractivity contribution in [3.63, 3.8) is 0 Å². The van der Waals surface area contributed by atoms with Gasteiger partial charge in [-0.15, -0.1) is 0 Å². The lowest BCUT2D eigenvalue weighted by Crippen LogP contribution is -2.54. The van der Waals surface area contributed by atoms with Crippen molar-refractivity contribution in [1.29, 1.82) is 0 Å². The fourth-order valence-corrected chi connectivity index (χ4v) is 5.06. The monoisotopic (exact) mass is 497 g/mol. The van der Waals surface area contributed by atoms with E-state index < -0.39 is 11.8 Å². The molecule has 1 aliphatic rings. The SMILES string of the molecule is COCCCCC(O)(c1cccc(Cl)c1)C1CCCN(C(=O)NC(N)CCC(C)(C)COC)C1. The van der Waals surface area contributed by atoms with Crippen LogP contribution in [0.15, 0.2) is 24.3 Å². The van der Waals surface area contributed by atoms with E-state index in [2.05, 4.69) is 19.2 Å². The van der Waals surface area contributed by atoms with E-state index in [1.54, 1.807) is 19.1 Å². The van der Waals surface area contributed by atoms with Gasteiger partial charge in [0.25, 0.3) is 0 Å². The molecule has 1 aromatic carbocycles. The van der Waals surface area contributed by atoms with Crippen molar-refractivity contribution >= 4 is 17.6 Å². The molecule has 3 atom stereocenters. The molecule has 1 aliphatic heterocycles. The van der Waals surface area contributed by atoms with E-state index in [0.717, 1.165) is 37.7 Å². The first-order chi connectivity index (χ1) is 16.1. The summed E-state index contributed by atoms with van der Waals surface area (Å²) in [4.78, 5) is 14.8. The number of benzene rings is 1. The summed E-state index contributed by atoms with van der Waals surface area (Å²) in [6, 6.07) is 7.28. The number of carbonyl (C=O) groups excluding carboxylic acids is 1. The van der Waals surface area contributed by atoms with E-state index in [1.807, 2.05) is 24.3 Å². The molecule has 3 unspecified atom stereocenters. The van der Waals surface area contributed by atoms with Crippen molar-refractivity contribution < 1.29 is 19.4 Å². The van der Waals surface area contributed by atoms with E-state index in [-0.39, 0.29) is 17.4 Å². The number of nitrogens with two attached hydrogens (primary N) is 1. The van der Waals surface area contributed by atoms with Gasteiger partial charge < -0.3 is 30.5 Å². The second-order valence-electron chi connectivity index (χ2n) is 10.4. The minimum atomic E-state index is -1.07. The summed E-state index contributed by atoms with van der Waals surface area (Å²) in [5, 5.41) is 15.5. The van der Waals surface area contributed by atoms with E-state index in [1.165, 1.54) is 0 Å². The fourth-order valence-electron chi connectivity index (χ4n) is 4.87. The number of unbranched alkanes of at least 4 members (excludes halogenated alkanes) is 1. The molecule has 0 aromatic heterocycles. The molecule has 34 heavy (non-hydrogen) atoms. The largest absolute Gasteiger partial charge is 0.385 e. The molecule has 1 fully saturated rings. The number of ether oxygens (including phenoxy) is 2. The van der Waals surface area contributed by atoms with Gasteiger partial charge >= 0.3 is 6.03 Å². The van der Waals surface area contributed by atoms with Crippen LogP contribution in [0.4, 0.5) is 4.79 Å². The Hall–Kier alpha value is -1.38. The normalized spacial score (nSPS) is 19.5. The van der Waals surface area contributed by atoms with Crippen molar-refractivity contribution in [3.8, 4) is 0 Å². The minimum Gasteiger partial charge on any atom is -0.385 e. The molecule has 7 nitrogen and oxygen atoms in total. The van der Waals surface area contributed by atoms with E-state index in [0.29, 0.717) is 44.2 Å². The third kappa shape index (κ3) is 8.68. The summed E-state index contributed by atoms with van der Waals surface area (Å²) in [5.41, 5.74) is 5.98. The summed E-state index contributed by atoms with van der Waals surface area (Å²) in [7, 11) is 3.38. The van der Waals surface area contributed by atoms with Gasteiger partial charge in [0.15, 0.2) is 0 Å². The lowest BCUT2D eigenvalue weighted by molar-refractivity contribution is -0.0563. The molecule has 1 aromatic rings. The summed E-state index contributed by atoms with van der Waals surface area (Å²) >= 11 is 6.26. The molecule has 0 saturated carbocycles. The zero-order valence-electron chi connectivity index (χ0n) is 21.3. The van der Waals surface area contributed by atoms with Crippen LogP contribution in [0, 0.1) is 11.3 Å². The molecule has 194 valence electrons. The summed E-state index contributed by atoms with van der Waals surface area (Å²) in [6.45, 7) is 6.69. The number of aliphatic hydroxyl groups is 1. The molecule has 1 saturated heterocycles. The molecule has 4 N–H and O–H groups in total. The summed E-state index contributed by atoms with van der Waals surface area (Å²) in [5.74, 6) is -0.0927. The van der Waals surface area contributed by atoms with Gasteiger partial charge in [-0.1, -0.05) is 37.6 Å².